The van der Waals surface area contributed by atoms with Gasteiger partial charge in [-0.25, -0.2) is 13.1 Å². The maximum atomic E-state index is 12.3. The van der Waals surface area contributed by atoms with E-state index in [0.717, 1.165) is 29.7 Å². The summed E-state index contributed by atoms with van der Waals surface area (Å²) >= 11 is 0. The van der Waals surface area contributed by atoms with Crippen LogP contribution in [0.5, 0.6) is 5.75 Å². The number of methoxy groups -OCH3 is 1. The van der Waals surface area contributed by atoms with Gasteiger partial charge < -0.3 is 9.84 Å². The van der Waals surface area contributed by atoms with E-state index in [0.29, 0.717) is 6.42 Å². The van der Waals surface area contributed by atoms with E-state index in [9.17, 15) is 13.5 Å². The molecule has 0 radical (unpaired) electrons. The monoisotopic (exact) mass is 351 g/mol. The fourth-order valence-corrected chi connectivity index (χ4v) is 4.16. The van der Waals surface area contributed by atoms with Crippen LogP contribution in [0.1, 0.15) is 24.0 Å². The van der Waals surface area contributed by atoms with Crippen LogP contribution in [-0.4, -0.2) is 37.0 Å². The van der Waals surface area contributed by atoms with E-state index in [-0.39, 0.29) is 11.4 Å². The van der Waals surface area contributed by atoms with Crippen LogP contribution in [0.2, 0.25) is 0 Å². The van der Waals surface area contributed by atoms with E-state index in [1.165, 1.54) is 17.1 Å². The molecular weight excluding hydrogens is 330 g/mol. The summed E-state index contributed by atoms with van der Waals surface area (Å²) in [6.07, 6.45) is 4.83. The number of hydrogen-bond acceptors (Lipinski definition) is 5. The Kier molecular flexibility index (Phi) is 4.37. The molecule has 0 saturated heterocycles. The molecule has 2 aromatic rings. The van der Waals surface area contributed by atoms with Crippen LogP contribution in [0.15, 0.2) is 35.5 Å². The molecule has 3 rings (SSSR count). The number of aryl methyl sites for hydroxylation is 2. The van der Waals surface area contributed by atoms with Crippen LogP contribution in [0.4, 0.5) is 0 Å². The van der Waals surface area contributed by atoms with Gasteiger partial charge >= 0.3 is 0 Å². The maximum absolute atomic E-state index is 12.3. The fraction of sp³-hybridized carbons (Fsp3) is 0.438. The highest BCUT2D eigenvalue weighted by Gasteiger charge is 2.36. The molecule has 2 N–H and O–H groups in total. The molecule has 1 aliphatic carbocycles. The number of benzene rings is 1. The Labute approximate surface area is 141 Å². The van der Waals surface area contributed by atoms with Crippen molar-refractivity contribution in [3.05, 3.63) is 41.7 Å². The number of aliphatic hydroxyl groups is 1. The summed E-state index contributed by atoms with van der Waals surface area (Å²) in [5.74, 6) is 0.731. The lowest BCUT2D eigenvalue weighted by Gasteiger charge is -2.34. The lowest BCUT2D eigenvalue weighted by Crippen LogP contribution is -2.42. The number of nitrogens with one attached hydrogen (secondary N) is 1. The van der Waals surface area contributed by atoms with Crippen molar-refractivity contribution in [2.24, 2.45) is 7.05 Å². The zero-order valence-corrected chi connectivity index (χ0v) is 14.5. The van der Waals surface area contributed by atoms with Gasteiger partial charge in [-0.05, 0) is 42.5 Å². The molecule has 1 aliphatic rings. The van der Waals surface area contributed by atoms with Crippen LogP contribution in [-0.2, 0) is 29.1 Å². The van der Waals surface area contributed by atoms with E-state index in [1.54, 1.807) is 20.2 Å². The van der Waals surface area contributed by atoms with Gasteiger partial charge in [-0.3, -0.25) is 4.68 Å². The van der Waals surface area contributed by atoms with Gasteiger partial charge in [0.05, 0.1) is 13.3 Å². The Morgan fingerprint density at radius 1 is 1.46 bits per heavy atom. The van der Waals surface area contributed by atoms with Gasteiger partial charge in [-0.2, -0.15) is 5.10 Å². The molecule has 1 atom stereocenters. The van der Waals surface area contributed by atoms with Gasteiger partial charge in [0.2, 0.25) is 10.0 Å². The molecule has 1 aromatic carbocycles. The lowest BCUT2D eigenvalue weighted by atomic mass is 9.79. The molecule has 0 unspecified atom stereocenters. The Bertz CT molecular complexity index is 847. The second-order valence-corrected chi connectivity index (χ2v) is 7.85. The molecule has 1 aromatic heterocycles. The average Bonchev–Trinajstić information content (AvgIpc) is 3.00. The molecule has 0 saturated carbocycles. The van der Waals surface area contributed by atoms with Crippen LogP contribution in [0, 0.1) is 0 Å². The maximum Gasteiger partial charge on any atom is 0.243 e. The number of rotatable bonds is 5. The lowest BCUT2D eigenvalue weighted by molar-refractivity contribution is 0.0242. The van der Waals surface area contributed by atoms with E-state index < -0.39 is 15.6 Å². The number of ether oxygens (including phenoxy) is 1. The van der Waals surface area contributed by atoms with Gasteiger partial charge in [-0.15, -0.1) is 0 Å². The number of aromatic nitrogens is 2. The van der Waals surface area contributed by atoms with Gasteiger partial charge in [0.1, 0.15) is 16.2 Å². The van der Waals surface area contributed by atoms with Crippen molar-refractivity contribution in [3.8, 4) is 5.75 Å². The first-order valence-corrected chi connectivity index (χ1v) is 9.20. The number of fused-ring (bicyclic) bond motifs is 1. The largest absolute Gasteiger partial charge is 0.497 e. The van der Waals surface area contributed by atoms with E-state index in [4.69, 9.17) is 4.74 Å². The summed E-state index contributed by atoms with van der Waals surface area (Å²) in [5, 5.41) is 14.9. The normalized spacial score (nSPS) is 20.6. The molecule has 0 fully saturated rings. The predicted molar refractivity (Wildman–Crippen MR) is 88.2 cm³/mol. The molecule has 0 bridgehead atoms. The standard InChI is InChI=1S/C16H21N3O4S/c1-19-10-14(9-17-19)24(21,22)18-11-16(20)7-3-4-12-8-13(23-2)5-6-15(12)16/h5-6,8-10,18,20H,3-4,7,11H2,1-2H3/t16-/m0/s1. The van der Waals surface area contributed by atoms with Gasteiger partial charge in [0.15, 0.2) is 0 Å². The van der Waals surface area contributed by atoms with Crippen molar-refractivity contribution in [1.82, 2.24) is 14.5 Å². The zero-order valence-electron chi connectivity index (χ0n) is 13.7. The van der Waals surface area contributed by atoms with Crippen LogP contribution < -0.4 is 9.46 Å². The Balaban J connectivity index is 1.83. The van der Waals surface area contributed by atoms with Gasteiger partial charge in [-0.1, -0.05) is 6.07 Å². The minimum absolute atomic E-state index is 0.0798. The summed E-state index contributed by atoms with van der Waals surface area (Å²) in [6.45, 7) is -0.0798. The highest BCUT2D eigenvalue weighted by Crippen LogP contribution is 2.36. The summed E-state index contributed by atoms with van der Waals surface area (Å²) in [6, 6.07) is 5.49. The summed E-state index contributed by atoms with van der Waals surface area (Å²) in [5.41, 5.74) is 0.516. The van der Waals surface area contributed by atoms with Crippen molar-refractivity contribution in [2.45, 2.75) is 29.8 Å². The third-order valence-electron chi connectivity index (χ3n) is 4.40. The van der Waals surface area contributed by atoms with Crippen molar-refractivity contribution >= 4 is 10.0 Å². The molecule has 0 amide bonds. The first kappa shape index (κ1) is 16.9. The van der Waals surface area contributed by atoms with Crippen LogP contribution in [0.3, 0.4) is 0 Å². The van der Waals surface area contributed by atoms with E-state index in [1.807, 2.05) is 12.1 Å². The third-order valence-corrected chi connectivity index (χ3v) is 5.75. The summed E-state index contributed by atoms with van der Waals surface area (Å²) < 4.78 is 33.8. The molecule has 8 heteroatoms. The van der Waals surface area contributed by atoms with Crippen LogP contribution in [0.25, 0.3) is 0 Å². The first-order chi connectivity index (χ1) is 11.3. The summed E-state index contributed by atoms with van der Waals surface area (Å²) in [4.78, 5) is 0.0827. The second-order valence-electron chi connectivity index (χ2n) is 6.08. The van der Waals surface area contributed by atoms with E-state index >= 15 is 0 Å². The SMILES string of the molecule is COc1ccc2c(c1)CCC[C@]2(O)CNS(=O)(=O)c1cnn(C)c1. The second kappa shape index (κ2) is 6.19. The van der Waals surface area contributed by atoms with E-state index in [2.05, 4.69) is 9.82 Å². The fourth-order valence-electron chi connectivity index (χ4n) is 3.08. The predicted octanol–water partition coefficient (Wildman–Crippen LogP) is 0.931. The van der Waals surface area contributed by atoms with Gasteiger partial charge in [0.25, 0.3) is 0 Å². The Morgan fingerprint density at radius 3 is 2.92 bits per heavy atom. The average molecular weight is 351 g/mol. The molecule has 0 aliphatic heterocycles. The third kappa shape index (κ3) is 3.17. The number of hydrogen-bond donors (Lipinski definition) is 2. The molecule has 1 heterocycles. The van der Waals surface area contributed by atoms with Gasteiger partial charge in [0, 0.05) is 19.8 Å². The topological polar surface area (TPSA) is 93.4 Å². The smallest absolute Gasteiger partial charge is 0.243 e. The highest BCUT2D eigenvalue weighted by molar-refractivity contribution is 7.89. The Hall–Kier alpha value is -1.90. The number of sulfonamides is 1. The molecular formula is C16H21N3O4S. The summed E-state index contributed by atoms with van der Waals surface area (Å²) in [7, 11) is -0.464. The minimum atomic E-state index is -3.71. The van der Waals surface area contributed by atoms with Crippen molar-refractivity contribution in [2.75, 3.05) is 13.7 Å². The first-order valence-electron chi connectivity index (χ1n) is 7.72. The van der Waals surface area contributed by atoms with Crippen LogP contribution >= 0.6 is 0 Å². The number of nitrogens with zero attached hydrogens (tertiary/aromatic N) is 2. The minimum Gasteiger partial charge on any atom is -0.497 e. The Morgan fingerprint density at radius 2 is 2.25 bits per heavy atom. The van der Waals surface area contributed by atoms with Crippen molar-refractivity contribution in [1.29, 1.82) is 0 Å². The zero-order chi connectivity index (χ0) is 17.4. The quantitative estimate of drug-likeness (QED) is 0.836. The van der Waals surface area contributed by atoms with Crippen molar-refractivity contribution < 1.29 is 18.3 Å². The molecule has 7 nitrogen and oxygen atoms in total. The molecule has 0 spiro atoms. The highest BCUT2D eigenvalue weighted by atomic mass is 32.2. The van der Waals surface area contributed by atoms with Crippen molar-refractivity contribution in [3.63, 3.8) is 0 Å². The molecule has 24 heavy (non-hydrogen) atoms. The molecule has 130 valence electrons.